The number of hydrazone groups is 1. The fraction of sp³-hybridized carbons (Fsp3) is 0.136. The van der Waals surface area contributed by atoms with Gasteiger partial charge >= 0.3 is 0 Å². The molecule has 33 heavy (non-hydrogen) atoms. The van der Waals surface area contributed by atoms with E-state index in [-0.39, 0.29) is 11.6 Å². The molecule has 1 aromatic heterocycles. The van der Waals surface area contributed by atoms with Crippen LogP contribution in [0.4, 0.5) is 5.69 Å². The molecule has 0 aliphatic carbocycles. The van der Waals surface area contributed by atoms with E-state index in [0.29, 0.717) is 38.5 Å². The van der Waals surface area contributed by atoms with E-state index >= 15 is 0 Å². The third kappa shape index (κ3) is 3.72. The number of thioether (sulfide) groups is 1. The van der Waals surface area contributed by atoms with Crippen molar-refractivity contribution < 1.29 is 14.1 Å². The van der Waals surface area contributed by atoms with E-state index in [0.717, 1.165) is 10.0 Å². The summed E-state index contributed by atoms with van der Waals surface area (Å²) in [5.41, 5.74) is 1.85. The van der Waals surface area contributed by atoms with E-state index in [1.54, 1.807) is 30.1 Å². The maximum absolute atomic E-state index is 13.0. The number of fused-ring (bicyclic) bond motifs is 2. The molecule has 0 radical (unpaired) electrons. The Morgan fingerprint density at radius 1 is 1.21 bits per heavy atom. The highest BCUT2D eigenvalue weighted by molar-refractivity contribution is 9.10. The van der Waals surface area contributed by atoms with Crippen molar-refractivity contribution in [3.8, 4) is 11.3 Å². The number of carbonyl (C=O) groups excluding carboxylic acids is 1. The van der Waals surface area contributed by atoms with Crippen molar-refractivity contribution >= 4 is 50.2 Å². The van der Waals surface area contributed by atoms with Gasteiger partial charge < -0.3 is 4.42 Å². The van der Waals surface area contributed by atoms with Gasteiger partial charge in [0.05, 0.1) is 10.3 Å². The first-order chi connectivity index (χ1) is 15.9. The maximum Gasteiger partial charge on any atom is 0.276 e. The van der Waals surface area contributed by atoms with Crippen molar-refractivity contribution in [3.05, 3.63) is 85.0 Å². The number of non-ortho nitro benzene ring substituents is 1. The fourth-order valence-corrected chi connectivity index (χ4v) is 4.53. The molecule has 0 saturated carbocycles. The summed E-state index contributed by atoms with van der Waals surface area (Å²) >= 11 is 4.78. The van der Waals surface area contributed by atoms with Crippen molar-refractivity contribution in [2.24, 2.45) is 10.1 Å². The highest BCUT2D eigenvalue weighted by Gasteiger charge is 2.36. The fourth-order valence-electron chi connectivity index (χ4n) is 3.80. The van der Waals surface area contributed by atoms with Gasteiger partial charge in [-0.1, -0.05) is 27.7 Å². The zero-order valence-corrected chi connectivity index (χ0v) is 19.8. The van der Waals surface area contributed by atoms with Crippen LogP contribution in [-0.2, 0) is 4.79 Å². The van der Waals surface area contributed by atoms with Crippen LogP contribution >= 0.6 is 27.7 Å². The number of aryl methyl sites for hydroxylation is 1. The Morgan fingerprint density at radius 3 is 2.76 bits per heavy atom. The molecule has 2 aromatic carbocycles. The first-order valence-electron chi connectivity index (χ1n) is 9.82. The Balaban J connectivity index is 1.63. The van der Waals surface area contributed by atoms with Crippen LogP contribution in [0.1, 0.15) is 17.5 Å². The van der Waals surface area contributed by atoms with E-state index < -0.39 is 11.1 Å². The predicted molar refractivity (Wildman–Crippen MR) is 128 cm³/mol. The summed E-state index contributed by atoms with van der Waals surface area (Å²) in [5, 5.41) is 21.8. The molecule has 9 nitrogen and oxygen atoms in total. The molecule has 1 N–H and O–H groups in total. The summed E-state index contributed by atoms with van der Waals surface area (Å²) in [6, 6.07) is 13.7. The summed E-state index contributed by atoms with van der Waals surface area (Å²) in [6.07, 6.45) is 1.14. The Hall–Kier alpha value is -3.44. The Labute approximate surface area is 200 Å². The van der Waals surface area contributed by atoms with Crippen molar-refractivity contribution in [1.82, 2.24) is 10.3 Å². The van der Waals surface area contributed by atoms with Crippen molar-refractivity contribution in [2.75, 3.05) is 6.26 Å². The number of halogens is 1. The minimum atomic E-state index is -0.686. The van der Waals surface area contributed by atoms with Gasteiger partial charge in [-0.3, -0.25) is 20.2 Å². The van der Waals surface area contributed by atoms with E-state index in [1.807, 2.05) is 24.5 Å². The number of furan rings is 1. The topological polar surface area (TPSA) is 113 Å². The number of carbonyl (C=O) groups is 1. The molecule has 0 saturated heterocycles. The van der Waals surface area contributed by atoms with Crippen molar-refractivity contribution in [1.29, 1.82) is 0 Å². The summed E-state index contributed by atoms with van der Waals surface area (Å²) < 4.78 is 6.97. The van der Waals surface area contributed by atoms with Crippen LogP contribution in [0.2, 0.25) is 0 Å². The van der Waals surface area contributed by atoms with Crippen LogP contribution in [0.3, 0.4) is 0 Å². The molecule has 1 atom stereocenters. The zero-order valence-electron chi connectivity index (χ0n) is 17.4. The van der Waals surface area contributed by atoms with Gasteiger partial charge in [0.25, 0.3) is 11.6 Å². The predicted octanol–water partition coefficient (Wildman–Crippen LogP) is 3.43. The van der Waals surface area contributed by atoms with Crippen LogP contribution in [0.5, 0.6) is 0 Å². The van der Waals surface area contributed by atoms with Crippen LogP contribution in [0.25, 0.3) is 17.0 Å². The summed E-state index contributed by atoms with van der Waals surface area (Å²) in [4.78, 5) is 28.4. The van der Waals surface area contributed by atoms with Gasteiger partial charge in [-0.2, -0.15) is 0 Å². The number of amidine groups is 1. The second-order valence-electron chi connectivity index (χ2n) is 7.38. The third-order valence-electron chi connectivity index (χ3n) is 5.33. The summed E-state index contributed by atoms with van der Waals surface area (Å²) in [5.74, 6) is 0.769. The molecule has 3 heterocycles. The highest BCUT2D eigenvalue weighted by atomic mass is 79.9. The lowest BCUT2D eigenvalue weighted by Crippen LogP contribution is -2.50. The number of amides is 1. The number of benzene rings is 2. The molecule has 0 bridgehead atoms. The Bertz CT molecular complexity index is 1480. The SMILES string of the molecule is CSC1=NN2C(=c3cc(Br)ccc3=N[C@@H]2c2ccc(-c3ccc([N+](=O)[O-])cc3C)o2)C(=O)N1. The van der Waals surface area contributed by atoms with Gasteiger partial charge in [0, 0.05) is 27.4 Å². The van der Waals surface area contributed by atoms with E-state index in [1.165, 1.54) is 23.9 Å². The standard InChI is InChI=1S/C22H16BrN5O4S/c1-11-9-13(28(30)31)4-5-14(11)17-7-8-18(32-17)20-24-16-6-3-12(23)10-15(16)19-21(29)25-22(33-2)26-27(19)20/h3-10,20H,1-2H3,(H,25,26,29)/t20-/m0/s1. The van der Waals surface area contributed by atoms with Crippen molar-refractivity contribution in [2.45, 2.75) is 13.1 Å². The lowest BCUT2D eigenvalue weighted by atomic mass is 10.1. The van der Waals surface area contributed by atoms with Gasteiger partial charge in [-0.25, -0.2) is 10.0 Å². The number of hydrogen-bond acceptors (Lipinski definition) is 8. The quantitative estimate of drug-likeness (QED) is 0.414. The number of rotatable bonds is 3. The highest BCUT2D eigenvalue weighted by Crippen LogP contribution is 2.35. The minimum Gasteiger partial charge on any atom is -0.457 e. The first-order valence-corrected chi connectivity index (χ1v) is 11.8. The van der Waals surface area contributed by atoms with Gasteiger partial charge in [-0.05, 0) is 55.1 Å². The van der Waals surface area contributed by atoms with E-state index in [9.17, 15) is 14.9 Å². The molecular weight excluding hydrogens is 510 g/mol. The van der Waals surface area contributed by atoms with Gasteiger partial charge in [0.2, 0.25) is 6.17 Å². The smallest absolute Gasteiger partial charge is 0.276 e. The Morgan fingerprint density at radius 2 is 2.03 bits per heavy atom. The van der Waals surface area contributed by atoms with E-state index in [4.69, 9.17) is 9.41 Å². The molecule has 2 aliphatic heterocycles. The first kappa shape index (κ1) is 21.4. The normalized spacial score (nSPS) is 17.0. The summed E-state index contributed by atoms with van der Waals surface area (Å²) in [6.45, 7) is 1.79. The molecule has 2 aliphatic rings. The molecule has 3 aromatic rings. The second-order valence-corrected chi connectivity index (χ2v) is 9.09. The average Bonchev–Trinajstić information content (AvgIpc) is 3.27. The number of nitro groups is 1. The largest absolute Gasteiger partial charge is 0.457 e. The van der Waals surface area contributed by atoms with Gasteiger partial charge in [0.15, 0.2) is 10.9 Å². The van der Waals surface area contributed by atoms with Crippen LogP contribution in [0, 0.1) is 17.0 Å². The molecule has 11 heteroatoms. The molecule has 0 spiro atoms. The lowest BCUT2D eigenvalue weighted by Gasteiger charge is -2.32. The van der Waals surface area contributed by atoms with Crippen LogP contribution in [-0.4, -0.2) is 27.3 Å². The van der Waals surface area contributed by atoms with Crippen LogP contribution in [0.15, 0.2) is 67.5 Å². The maximum atomic E-state index is 13.0. The van der Waals surface area contributed by atoms with E-state index in [2.05, 4.69) is 26.3 Å². The molecular formula is C22H16BrN5O4S. The number of nitro benzene ring substituents is 1. The molecule has 1 amide bonds. The molecule has 0 fully saturated rings. The van der Waals surface area contributed by atoms with Gasteiger partial charge in [0.1, 0.15) is 11.5 Å². The number of nitrogens with one attached hydrogen (secondary N) is 1. The minimum absolute atomic E-state index is 0.0191. The molecule has 5 rings (SSSR count). The molecule has 166 valence electrons. The average molecular weight is 526 g/mol. The third-order valence-corrected chi connectivity index (χ3v) is 6.39. The second kappa shape index (κ2) is 8.16. The van der Waals surface area contributed by atoms with Crippen molar-refractivity contribution in [3.63, 3.8) is 0 Å². The van der Waals surface area contributed by atoms with Gasteiger partial charge in [-0.15, -0.1) is 5.10 Å². The number of hydrogen-bond donors (Lipinski definition) is 1. The number of nitrogens with zero attached hydrogens (tertiary/aromatic N) is 4. The molecule has 0 unspecified atom stereocenters. The monoisotopic (exact) mass is 525 g/mol. The summed E-state index contributed by atoms with van der Waals surface area (Å²) in [7, 11) is 0. The lowest BCUT2D eigenvalue weighted by molar-refractivity contribution is -0.384. The van der Waals surface area contributed by atoms with Crippen LogP contribution < -0.4 is 15.9 Å². The Kier molecular flexibility index (Phi) is 5.29. The zero-order chi connectivity index (χ0) is 23.3.